The van der Waals surface area contributed by atoms with Crippen molar-refractivity contribution in [3.8, 4) is 11.1 Å². The summed E-state index contributed by atoms with van der Waals surface area (Å²) >= 11 is 0. The first-order chi connectivity index (χ1) is 15.8. The van der Waals surface area contributed by atoms with Crippen LogP contribution in [0.15, 0.2) is 48.5 Å². The fourth-order valence-corrected chi connectivity index (χ4v) is 4.95. The minimum absolute atomic E-state index is 0.0629. The van der Waals surface area contributed by atoms with Crippen LogP contribution in [-0.4, -0.2) is 53.7 Å². The fourth-order valence-electron chi connectivity index (χ4n) is 4.95. The van der Waals surface area contributed by atoms with Crippen LogP contribution < -0.4 is 5.32 Å². The second-order valence-electron chi connectivity index (χ2n) is 9.36. The van der Waals surface area contributed by atoms with E-state index >= 15 is 0 Å². The molecule has 1 aliphatic heterocycles. The Kier molecular flexibility index (Phi) is 6.40. The number of ether oxygens (including phenoxy) is 1. The van der Waals surface area contributed by atoms with Crippen molar-refractivity contribution < 1.29 is 24.2 Å². The van der Waals surface area contributed by atoms with Gasteiger partial charge in [0.2, 0.25) is 5.91 Å². The van der Waals surface area contributed by atoms with Crippen LogP contribution >= 0.6 is 0 Å². The minimum Gasteiger partial charge on any atom is -0.481 e. The summed E-state index contributed by atoms with van der Waals surface area (Å²) in [6.45, 7) is 6.22. The standard InChI is InChI=1S/C26H30N2O5/c1-15(2)23(24(29)28-12-16(3)21(13-28)25(30)31)27-26(32)33-14-22-19-10-6-4-8-17(19)18-9-5-7-11-20(18)22/h4-11,15-16,21-23H,12-14H2,1-3H3,(H,27,32)(H,30,31)/t16-,21-,23-/m0/s1. The monoisotopic (exact) mass is 450 g/mol. The Morgan fingerprint density at radius 1 is 1.03 bits per heavy atom. The van der Waals surface area contributed by atoms with E-state index in [-0.39, 0.29) is 36.8 Å². The van der Waals surface area contributed by atoms with Gasteiger partial charge in [-0.1, -0.05) is 69.3 Å². The lowest BCUT2D eigenvalue weighted by atomic mass is 9.98. The van der Waals surface area contributed by atoms with Crippen LogP contribution in [0.25, 0.3) is 11.1 Å². The van der Waals surface area contributed by atoms with E-state index < -0.39 is 24.0 Å². The number of nitrogens with one attached hydrogen (secondary N) is 1. The van der Waals surface area contributed by atoms with Crippen molar-refractivity contribution in [3.05, 3.63) is 59.7 Å². The molecule has 7 heteroatoms. The van der Waals surface area contributed by atoms with Crippen molar-refractivity contribution in [2.24, 2.45) is 17.8 Å². The van der Waals surface area contributed by atoms with E-state index in [9.17, 15) is 19.5 Å². The van der Waals surface area contributed by atoms with E-state index in [0.29, 0.717) is 6.54 Å². The number of carbonyl (C=O) groups is 3. The predicted octanol–water partition coefficient (Wildman–Crippen LogP) is 3.73. The van der Waals surface area contributed by atoms with Crippen LogP contribution in [0.1, 0.15) is 37.8 Å². The Bertz CT molecular complexity index is 1020. The number of amides is 2. The molecule has 0 unspecified atom stereocenters. The lowest BCUT2D eigenvalue weighted by Crippen LogP contribution is -2.51. The Labute approximate surface area is 193 Å². The highest BCUT2D eigenvalue weighted by Crippen LogP contribution is 2.44. The normalized spacial score (nSPS) is 20.3. The highest BCUT2D eigenvalue weighted by Gasteiger charge is 2.40. The minimum atomic E-state index is -0.900. The van der Waals surface area contributed by atoms with Crippen molar-refractivity contribution in [2.75, 3.05) is 19.7 Å². The molecular formula is C26H30N2O5. The van der Waals surface area contributed by atoms with E-state index in [2.05, 4.69) is 29.6 Å². The van der Waals surface area contributed by atoms with Gasteiger partial charge in [-0.2, -0.15) is 0 Å². The lowest BCUT2D eigenvalue weighted by molar-refractivity contribution is -0.142. The van der Waals surface area contributed by atoms with Crippen LogP contribution in [0, 0.1) is 17.8 Å². The molecule has 0 aromatic heterocycles. The first kappa shape index (κ1) is 22.8. The van der Waals surface area contributed by atoms with Gasteiger partial charge < -0.3 is 20.1 Å². The largest absolute Gasteiger partial charge is 0.481 e. The number of hydrogen-bond acceptors (Lipinski definition) is 4. The van der Waals surface area contributed by atoms with E-state index in [1.54, 1.807) is 0 Å². The molecule has 0 saturated carbocycles. The Hall–Kier alpha value is -3.35. The van der Waals surface area contributed by atoms with Gasteiger partial charge in [-0.05, 0) is 34.1 Å². The maximum absolute atomic E-state index is 13.1. The van der Waals surface area contributed by atoms with Crippen molar-refractivity contribution in [2.45, 2.75) is 32.7 Å². The molecule has 0 spiro atoms. The zero-order valence-electron chi connectivity index (χ0n) is 19.2. The molecule has 1 aliphatic carbocycles. The molecule has 0 radical (unpaired) electrons. The van der Waals surface area contributed by atoms with Crippen LogP contribution in [-0.2, 0) is 14.3 Å². The molecule has 2 aromatic carbocycles. The molecular weight excluding hydrogens is 420 g/mol. The maximum Gasteiger partial charge on any atom is 0.407 e. The van der Waals surface area contributed by atoms with Gasteiger partial charge in [-0.25, -0.2) is 4.79 Å². The number of carbonyl (C=O) groups excluding carboxylic acids is 2. The molecule has 174 valence electrons. The van der Waals surface area contributed by atoms with Crippen molar-refractivity contribution in [1.82, 2.24) is 10.2 Å². The van der Waals surface area contributed by atoms with Crippen LogP contribution in [0.4, 0.5) is 4.79 Å². The molecule has 1 saturated heterocycles. The number of nitrogens with zero attached hydrogens (tertiary/aromatic N) is 1. The molecule has 4 rings (SSSR count). The number of carboxylic acids is 1. The predicted molar refractivity (Wildman–Crippen MR) is 124 cm³/mol. The number of likely N-dealkylation sites (tertiary alicyclic amines) is 1. The van der Waals surface area contributed by atoms with Gasteiger partial charge in [0, 0.05) is 19.0 Å². The molecule has 1 heterocycles. The summed E-state index contributed by atoms with van der Waals surface area (Å²) < 4.78 is 5.60. The summed E-state index contributed by atoms with van der Waals surface area (Å²) in [4.78, 5) is 38.7. The fraction of sp³-hybridized carbons (Fsp3) is 0.423. The van der Waals surface area contributed by atoms with Gasteiger partial charge in [0.05, 0.1) is 5.92 Å². The molecule has 7 nitrogen and oxygen atoms in total. The second-order valence-corrected chi connectivity index (χ2v) is 9.36. The van der Waals surface area contributed by atoms with E-state index in [1.807, 2.05) is 45.0 Å². The summed E-state index contributed by atoms with van der Waals surface area (Å²) in [6, 6.07) is 15.4. The first-order valence-electron chi connectivity index (χ1n) is 11.4. The number of carboxylic acid groups (broad SMARTS) is 1. The third-order valence-corrected chi connectivity index (χ3v) is 6.79. The number of benzene rings is 2. The van der Waals surface area contributed by atoms with Gasteiger partial charge in [-0.3, -0.25) is 9.59 Å². The summed E-state index contributed by atoms with van der Waals surface area (Å²) in [5, 5.41) is 12.1. The average molecular weight is 451 g/mol. The summed E-state index contributed by atoms with van der Waals surface area (Å²) in [6.07, 6.45) is -0.647. The van der Waals surface area contributed by atoms with E-state index in [4.69, 9.17) is 4.74 Å². The summed E-state index contributed by atoms with van der Waals surface area (Å²) in [7, 11) is 0. The quantitative estimate of drug-likeness (QED) is 0.699. The van der Waals surface area contributed by atoms with Crippen LogP contribution in [0.5, 0.6) is 0 Å². The SMILES string of the molecule is CC(C)[C@H](NC(=O)OCC1c2ccccc2-c2ccccc21)C(=O)N1C[C@H](C(=O)O)[C@@H](C)C1. The van der Waals surface area contributed by atoms with Crippen LogP contribution in [0.2, 0.25) is 0 Å². The molecule has 1 fully saturated rings. The molecule has 33 heavy (non-hydrogen) atoms. The molecule has 2 aromatic rings. The number of hydrogen-bond donors (Lipinski definition) is 2. The molecule has 3 atom stereocenters. The first-order valence-corrected chi connectivity index (χ1v) is 11.4. The Balaban J connectivity index is 1.41. The average Bonchev–Trinajstić information content (AvgIpc) is 3.34. The zero-order valence-corrected chi connectivity index (χ0v) is 19.2. The second kappa shape index (κ2) is 9.25. The molecule has 0 bridgehead atoms. The number of rotatable bonds is 6. The van der Waals surface area contributed by atoms with Crippen molar-refractivity contribution in [1.29, 1.82) is 0 Å². The Morgan fingerprint density at radius 3 is 2.12 bits per heavy atom. The van der Waals surface area contributed by atoms with Crippen LogP contribution in [0.3, 0.4) is 0 Å². The summed E-state index contributed by atoms with van der Waals surface area (Å²) in [5.74, 6) is -2.12. The maximum atomic E-state index is 13.1. The zero-order chi connectivity index (χ0) is 23.7. The van der Waals surface area contributed by atoms with E-state index in [1.165, 1.54) is 4.90 Å². The smallest absolute Gasteiger partial charge is 0.407 e. The highest BCUT2D eigenvalue weighted by atomic mass is 16.5. The Morgan fingerprint density at radius 2 is 1.61 bits per heavy atom. The molecule has 2 N–H and O–H groups in total. The van der Waals surface area contributed by atoms with E-state index in [0.717, 1.165) is 22.3 Å². The third kappa shape index (κ3) is 4.45. The number of fused-ring (bicyclic) bond motifs is 3. The van der Waals surface area contributed by atoms with Gasteiger partial charge >= 0.3 is 12.1 Å². The van der Waals surface area contributed by atoms with Crippen molar-refractivity contribution in [3.63, 3.8) is 0 Å². The van der Waals surface area contributed by atoms with Gasteiger partial charge in [0.25, 0.3) is 0 Å². The number of aliphatic carboxylic acids is 1. The van der Waals surface area contributed by atoms with Gasteiger partial charge in [0.1, 0.15) is 12.6 Å². The summed E-state index contributed by atoms with van der Waals surface area (Å²) in [5.41, 5.74) is 4.53. The lowest BCUT2D eigenvalue weighted by Gasteiger charge is -2.27. The van der Waals surface area contributed by atoms with Gasteiger partial charge in [0.15, 0.2) is 0 Å². The molecule has 2 amide bonds. The molecule has 2 aliphatic rings. The van der Waals surface area contributed by atoms with Gasteiger partial charge in [-0.15, -0.1) is 0 Å². The third-order valence-electron chi connectivity index (χ3n) is 6.79. The van der Waals surface area contributed by atoms with Crippen molar-refractivity contribution >= 4 is 18.0 Å². The topological polar surface area (TPSA) is 95.9 Å². The number of alkyl carbamates (subject to hydrolysis) is 1. The highest BCUT2D eigenvalue weighted by molar-refractivity contribution is 5.87.